The summed E-state index contributed by atoms with van der Waals surface area (Å²) < 4.78 is 13.0. The summed E-state index contributed by atoms with van der Waals surface area (Å²) in [6.45, 7) is 8.12. The molecule has 2 aromatic carbocycles. The summed E-state index contributed by atoms with van der Waals surface area (Å²) in [6, 6.07) is 18.8. The first kappa shape index (κ1) is 20.0. The lowest BCUT2D eigenvalue weighted by Crippen LogP contribution is -2.50. The quantitative estimate of drug-likeness (QED) is 0.672. The lowest BCUT2D eigenvalue weighted by atomic mass is 9.73. The van der Waals surface area contributed by atoms with Gasteiger partial charge in [-0.2, -0.15) is 0 Å². The molecule has 0 saturated carbocycles. The molecular weight excluding hydrogens is 358 g/mol. The molecule has 2 aliphatic heterocycles. The fourth-order valence-corrected chi connectivity index (χ4v) is 4.57. The summed E-state index contributed by atoms with van der Waals surface area (Å²) in [5.74, 6) is 8.11. The first-order valence-electron chi connectivity index (χ1n) is 10.5. The second-order valence-corrected chi connectivity index (χ2v) is 9.12. The molecule has 0 N–H and O–H groups in total. The summed E-state index contributed by atoms with van der Waals surface area (Å²) in [5.41, 5.74) is 1.81. The third-order valence-corrected chi connectivity index (χ3v) is 6.17. The zero-order chi connectivity index (χ0) is 20.5. The predicted molar refractivity (Wildman–Crippen MR) is 117 cm³/mol. The number of hydrogen-bond donors (Lipinski definition) is 0. The number of benzene rings is 2. The van der Waals surface area contributed by atoms with Crippen molar-refractivity contribution < 1.29 is 9.47 Å². The van der Waals surface area contributed by atoms with Gasteiger partial charge in [0.2, 0.25) is 0 Å². The molecule has 3 nitrogen and oxygen atoms in total. The minimum Gasteiger partial charge on any atom is -0.487 e. The smallest absolute Gasteiger partial charge is 0.126 e. The summed E-state index contributed by atoms with van der Waals surface area (Å²) in [7, 11) is 2.11. The molecule has 152 valence electrons. The molecule has 0 unspecified atom stereocenters. The highest BCUT2D eigenvalue weighted by Crippen LogP contribution is 2.52. The van der Waals surface area contributed by atoms with Gasteiger partial charge in [-0.15, -0.1) is 0 Å². The second kappa shape index (κ2) is 7.86. The lowest BCUT2D eigenvalue weighted by molar-refractivity contribution is -0.169. The van der Waals surface area contributed by atoms with Crippen molar-refractivity contribution >= 4 is 0 Å². The van der Waals surface area contributed by atoms with E-state index in [4.69, 9.17) is 9.47 Å². The molecule has 2 aromatic rings. The standard InChI is InChI=1S/C26H31NO2/c1-25(2)22-15-17-26(3,29-24(22)21-13-8-9-14-23(21)28-25)16-10-18-27(4)19-20-11-6-5-7-12-20/h5-9,11-14,22,24H,15,17-19H2,1-4H3/t22-,24+,26-/m1/s1. The molecule has 0 aliphatic carbocycles. The van der Waals surface area contributed by atoms with Crippen LogP contribution >= 0.6 is 0 Å². The zero-order valence-corrected chi connectivity index (χ0v) is 17.9. The van der Waals surface area contributed by atoms with E-state index in [1.165, 1.54) is 5.56 Å². The van der Waals surface area contributed by atoms with Crippen molar-refractivity contribution in [2.75, 3.05) is 13.6 Å². The molecule has 0 spiro atoms. The summed E-state index contributed by atoms with van der Waals surface area (Å²) in [4.78, 5) is 2.24. The molecule has 1 fully saturated rings. The Labute approximate surface area is 175 Å². The van der Waals surface area contributed by atoms with Crippen molar-refractivity contribution in [3.63, 3.8) is 0 Å². The first-order valence-corrected chi connectivity index (χ1v) is 10.5. The summed E-state index contributed by atoms with van der Waals surface area (Å²) in [6.07, 6.45) is 2.01. The van der Waals surface area contributed by atoms with Crippen molar-refractivity contribution in [1.82, 2.24) is 4.90 Å². The van der Waals surface area contributed by atoms with E-state index in [1.54, 1.807) is 0 Å². The number of nitrogens with zero attached hydrogens (tertiary/aromatic N) is 1. The maximum atomic E-state index is 6.67. The van der Waals surface area contributed by atoms with Gasteiger partial charge in [-0.25, -0.2) is 0 Å². The Balaban J connectivity index is 1.46. The van der Waals surface area contributed by atoms with Gasteiger partial charge >= 0.3 is 0 Å². The fourth-order valence-electron chi connectivity index (χ4n) is 4.57. The molecule has 4 rings (SSSR count). The Bertz CT molecular complexity index is 911. The topological polar surface area (TPSA) is 21.7 Å². The number of para-hydroxylation sites is 1. The Morgan fingerprint density at radius 3 is 2.55 bits per heavy atom. The summed E-state index contributed by atoms with van der Waals surface area (Å²) in [5, 5.41) is 0. The third-order valence-electron chi connectivity index (χ3n) is 6.17. The van der Waals surface area contributed by atoms with Crippen LogP contribution in [0.2, 0.25) is 0 Å². The Kier molecular flexibility index (Phi) is 5.42. The number of fused-ring (bicyclic) bond motifs is 3. The summed E-state index contributed by atoms with van der Waals surface area (Å²) >= 11 is 0. The van der Waals surface area contributed by atoms with E-state index in [2.05, 4.69) is 81.0 Å². The minimum atomic E-state index is -0.421. The van der Waals surface area contributed by atoms with Gasteiger partial charge in [0.05, 0.1) is 12.6 Å². The van der Waals surface area contributed by atoms with E-state index in [0.717, 1.165) is 37.2 Å². The molecule has 3 heteroatoms. The van der Waals surface area contributed by atoms with Crippen LogP contribution < -0.4 is 4.74 Å². The van der Waals surface area contributed by atoms with Crippen LogP contribution in [0.4, 0.5) is 0 Å². The largest absolute Gasteiger partial charge is 0.487 e. The van der Waals surface area contributed by atoms with E-state index in [1.807, 2.05) is 18.2 Å². The maximum Gasteiger partial charge on any atom is 0.126 e. The van der Waals surface area contributed by atoms with Crippen LogP contribution in [0.3, 0.4) is 0 Å². The molecule has 0 radical (unpaired) electrons. The molecule has 29 heavy (non-hydrogen) atoms. The van der Waals surface area contributed by atoms with Crippen LogP contribution in [0.25, 0.3) is 0 Å². The van der Waals surface area contributed by atoms with Crippen molar-refractivity contribution in [3.8, 4) is 17.6 Å². The van der Waals surface area contributed by atoms with E-state index in [-0.39, 0.29) is 11.7 Å². The van der Waals surface area contributed by atoms with Crippen molar-refractivity contribution in [2.45, 2.75) is 57.5 Å². The van der Waals surface area contributed by atoms with Gasteiger partial charge in [0, 0.05) is 18.0 Å². The van der Waals surface area contributed by atoms with Crippen LogP contribution in [0.5, 0.6) is 5.75 Å². The Morgan fingerprint density at radius 1 is 1.03 bits per heavy atom. The van der Waals surface area contributed by atoms with E-state index < -0.39 is 5.60 Å². The molecule has 0 bridgehead atoms. The average Bonchev–Trinajstić information content (AvgIpc) is 2.68. The van der Waals surface area contributed by atoms with Crippen LogP contribution in [-0.4, -0.2) is 29.7 Å². The van der Waals surface area contributed by atoms with Gasteiger partial charge in [0.25, 0.3) is 0 Å². The maximum absolute atomic E-state index is 6.67. The van der Waals surface area contributed by atoms with Gasteiger partial charge < -0.3 is 9.47 Å². The highest BCUT2D eigenvalue weighted by Gasteiger charge is 2.49. The van der Waals surface area contributed by atoms with Crippen LogP contribution in [-0.2, 0) is 11.3 Å². The number of ether oxygens (including phenoxy) is 2. The second-order valence-electron chi connectivity index (χ2n) is 9.12. The lowest BCUT2D eigenvalue weighted by Gasteiger charge is -2.50. The minimum absolute atomic E-state index is 0.0325. The third kappa shape index (κ3) is 4.34. The van der Waals surface area contributed by atoms with Gasteiger partial charge in [0.15, 0.2) is 0 Å². The highest BCUT2D eigenvalue weighted by molar-refractivity contribution is 5.39. The predicted octanol–water partition coefficient (Wildman–Crippen LogP) is 5.22. The molecule has 2 aliphatic rings. The zero-order valence-electron chi connectivity index (χ0n) is 17.9. The Morgan fingerprint density at radius 2 is 1.76 bits per heavy atom. The fraction of sp³-hybridized carbons (Fsp3) is 0.462. The monoisotopic (exact) mass is 389 g/mol. The van der Waals surface area contributed by atoms with Crippen molar-refractivity contribution in [1.29, 1.82) is 0 Å². The van der Waals surface area contributed by atoms with Gasteiger partial charge in [0.1, 0.15) is 17.0 Å². The first-order chi connectivity index (χ1) is 13.9. The normalized spacial score (nSPS) is 27.2. The van der Waals surface area contributed by atoms with E-state index in [0.29, 0.717) is 5.92 Å². The number of rotatable bonds is 3. The highest BCUT2D eigenvalue weighted by atomic mass is 16.5. The molecule has 1 saturated heterocycles. The van der Waals surface area contributed by atoms with Crippen molar-refractivity contribution in [2.24, 2.45) is 5.92 Å². The van der Waals surface area contributed by atoms with Gasteiger partial charge in [-0.1, -0.05) is 60.4 Å². The molecule has 3 atom stereocenters. The molecule has 0 aromatic heterocycles. The Hall–Kier alpha value is -2.28. The SMILES string of the molecule is CN(CC#C[C@]1(C)CC[C@@H]2[C@@H](O1)c1ccccc1OC2(C)C)Cc1ccccc1. The average molecular weight is 390 g/mol. The molecule has 2 heterocycles. The van der Waals surface area contributed by atoms with E-state index in [9.17, 15) is 0 Å². The van der Waals surface area contributed by atoms with Crippen LogP contribution in [0, 0.1) is 17.8 Å². The molecular formula is C26H31NO2. The van der Waals surface area contributed by atoms with Gasteiger partial charge in [-0.3, -0.25) is 4.90 Å². The number of hydrogen-bond acceptors (Lipinski definition) is 3. The van der Waals surface area contributed by atoms with Crippen molar-refractivity contribution in [3.05, 3.63) is 65.7 Å². The van der Waals surface area contributed by atoms with Crippen LogP contribution in [0.1, 0.15) is 50.8 Å². The van der Waals surface area contributed by atoms with Crippen LogP contribution in [0.15, 0.2) is 54.6 Å². The van der Waals surface area contributed by atoms with E-state index >= 15 is 0 Å². The van der Waals surface area contributed by atoms with Gasteiger partial charge in [-0.05, 0) is 52.3 Å². The molecule has 0 amide bonds.